The van der Waals surface area contributed by atoms with Crippen LogP contribution in [0, 0.1) is 6.92 Å². The van der Waals surface area contributed by atoms with E-state index in [1.54, 1.807) is 19.2 Å². The van der Waals surface area contributed by atoms with Crippen LogP contribution in [0.4, 0.5) is 0 Å². The lowest BCUT2D eigenvalue weighted by Crippen LogP contribution is -2.15. The van der Waals surface area contributed by atoms with Gasteiger partial charge in [-0.2, -0.15) is 4.98 Å². The Bertz CT molecular complexity index is 605. The molecule has 2 aromatic rings. The summed E-state index contributed by atoms with van der Waals surface area (Å²) in [6.45, 7) is 3.66. The number of pyridine rings is 1. The minimum absolute atomic E-state index is 0.226. The molecule has 2 N–H and O–H groups in total. The fraction of sp³-hybridized carbons (Fsp3) is 0.250. The van der Waals surface area contributed by atoms with Crippen molar-refractivity contribution >= 4 is 0 Å². The van der Waals surface area contributed by atoms with Gasteiger partial charge >= 0.3 is 0 Å². The van der Waals surface area contributed by atoms with Crippen molar-refractivity contribution in [3.05, 3.63) is 39.8 Å². The van der Waals surface area contributed by atoms with Crippen LogP contribution in [0.2, 0.25) is 0 Å². The molecule has 0 amide bonds. The first-order valence-corrected chi connectivity index (χ1v) is 5.37. The zero-order chi connectivity index (χ0) is 12.4. The van der Waals surface area contributed by atoms with E-state index in [4.69, 9.17) is 0 Å². The molecule has 5 nitrogen and oxygen atoms in total. The number of H-pyrrole nitrogens is 1. The zero-order valence-corrected chi connectivity index (χ0v) is 9.69. The van der Waals surface area contributed by atoms with Gasteiger partial charge in [-0.15, -0.1) is 0 Å². The Balaban J connectivity index is 2.63. The van der Waals surface area contributed by atoms with Crippen molar-refractivity contribution in [1.29, 1.82) is 0 Å². The van der Waals surface area contributed by atoms with Crippen LogP contribution >= 0.6 is 0 Å². The summed E-state index contributed by atoms with van der Waals surface area (Å²) in [7, 11) is 0. The molecule has 0 atom stereocenters. The number of aryl methyl sites for hydroxylation is 1. The Labute approximate surface area is 98.2 Å². The molecule has 0 saturated heterocycles. The third-order valence-electron chi connectivity index (χ3n) is 2.58. The highest BCUT2D eigenvalue weighted by molar-refractivity contribution is 5.54. The van der Waals surface area contributed by atoms with Crippen molar-refractivity contribution in [2.24, 2.45) is 0 Å². The van der Waals surface area contributed by atoms with Crippen molar-refractivity contribution in [3.63, 3.8) is 0 Å². The van der Waals surface area contributed by atoms with Crippen molar-refractivity contribution in [3.8, 4) is 17.4 Å². The molecule has 0 aliphatic heterocycles. The first kappa shape index (κ1) is 11.3. The molecule has 17 heavy (non-hydrogen) atoms. The maximum atomic E-state index is 11.7. The number of hydrogen-bond donors (Lipinski definition) is 2. The molecule has 0 aromatic carbocycles. The predicted octanol–water partition coefficient (Wildman–Crippen LogP) is 1.41. The summed E-state index contributed by atoms with van der Waals surface area (Å²) in [4.78, 5) is 22.4. The summed E-state index contributed by atoms with van der Waals surface area (Å²) >= 11 is 0. The van der Waals surface area contributed by atoms with Gasteiger partial charge in [0.15, 0.2) is 5.82 Å². The van der Waals surface area contributed by atoms with E-state index < -0.39 is 0 Å². The van der Waals surface area contributed by atoms with Crippen LogP contribution in [0.1, 0.15) is 18.1 Å². The number of hydrogen-bond acceptors (Lipinski definition) is 4. The lowest BCUT2D eigenvalue weighted by molar-refractivity contribution is 0.444. The number of nitrogens with one attached hydrogen (secondary N) is 1. The molecule has 0 saturated carbocycles. The molecule has 2 rings (SSSR count). The Morgan fingerprint density at radius 1 is 1.47 bits per heavy atom. The third kappa shape index (κ3) is 2.04. The van der Waals surface area contributed by atoms with Gasteiger partial charge in [0.2, 0.25) is 5.88 Å². The third-order valence-corrected chi connectivity index (χ3v) is 2.58. The van der Waals surface area contributed by atoms with E-state index in [1.807, 2.05) is 13.0 Å². The van der Waals surface area contributed by atoms with Crippen molar-refractivity contribution < 1.29 is 5.11 Å². The Morgan fingerprint density at radius 3 is 2.82 bits per heavy atom. The monoisotopic (exact) mass is 231 g/mol. The van der Waals surface area contributed by atoms with E-state index in [1.165, 1.54) is 0 Å². The molecule has 0 aliphatic carbocycles. The summed E-state index contributed by atoms with van der Waals surface area (Å²) in [5.41, 5.74) is 1.43. The second-order valence-corrected chi connectivity index (χ2v) is 3.74. The summed E-state index contributed by atoms with van der Waals surface area (Å²) in [5, 5.41) is 9.67. The van der Waals surface area contributed by atoms with E-state index >= 15 is 0 Å². The normalized spacial score (nSPS) is 10.5. The van der Waals surface area contributed by atoms with Gasteiger partial charge in [0, 0.05) is 6.20 Å². The fourth-order valence-electron chi connectivity index (χ4n) is 1.65. The molecule has 0 radical (unpaired) electrons. The predicted molar refractivity (Wildman–Crippen MR) is 63.9 cm³/mol. The number of nitrogens with zero attached hydrogens (tertiary/aromatic N) is 2. The van der Waals surface area contributed by atoms with Gasteiger partial charge in [0.05, 0.1) is 5.56 Å². The summed E-state index contributed by atoms with van der Waals surface area (Å²) in [5.74, 6) is 0.0686. The van der Waals surface area contributed by atoms with Crippen LogP contribution in [-0.2, 0) is 6.42 Å². The summed E-state index contributed by atoms with van der Waals surface area (Å²) in [6.07, 6.45) is 2.06. The highest BCUT2D eigenvalue weighted by atomic mass is 16.3. The van der Waals surface area contributed by atoms with Gasteiger partial charge in [-0.25, -0.2) is 0 Å². The highest BCUT2D eigenvalue weighted by Gasteiger charge is 2.11. The molecule has 2 heterocycles. The van der Waals surface area contributed by atoms with Gasteiger partial charge < -0.3 is 10.1 Å². The van der Waals surface area contributed by atoms with Crippen LogP contribution in [0.15, 0.2) is 23.1 Å². The molecule has 2 aromatic heterocycles. The van der Waals surface area contributed by atoms with Crippen LogP contribution in [0.5, 0.6) is 5.88 Å². The SMILES string of the molecule is CCc1c(O)nc(-c2ncccc2C)[nH]c1=O. The van der Waals surface area contributed by atoms with E-state index in [2.05, 4.69) is 15.0 Å². The second-order valence-electron chi connectivity index (χ2n) is 3.74. The average molecular weight is 231 g/mol. The van der Waals surface area contributed by atoms with Gasteiger partial charge in [0.1, 0.15) is 5.69 Å². The number of aromatic hydroxyl groups is 1. The first-order chi connectivity index (χ1) is 8.13. The maximum Gasteiger partial charge on any atom is 0.258 e. The fourth-order valence-corrected chi connectivity index (χ4v) is 1.65. The van der Waals surface area contributed by atoms with Crippen LogP contribution in [0.3, 0.4) is 0 Å². The molecule has 0 unspecified atom stereocenters. The lowest BCUT2D eigenvalue weighted by atomic mass is 10.2. The minimum Gasteiger partial charge on any atom is -0.493 e. The smallest absolute Gasteiger partial charge is 0.258 e. The zero-order valence-electron chi connectivity index (χ0n) is 9.69. The molecular formula is C12H13N3O2. The topological polar surface area (TPSA) is 78.9 Å². The molecular weight excluding hydrogens is 218 g/mol. The van der Waals surface area contributed by atoms with E-state index in [-0.39, 0.29) is 11.4 Å². The summed E-state index contributed by atoms with van der Waals surface area (Å²) in [6, 6.07) is 3.67. The molecule has 88 valence electrons. The standard InChI is InChI=1S/C12H13N3O2/c1-3-8-11(16)14-10(15-12(8)17)9-7(2)5-4-6-13-9/h4-6H,3H2,1-2H3,(H2,14,15,16,17). The van der Waals surface area contributed by atoms with Gasteiger partial charge in [-0.1, -0.05) is 13.0 Å². The second kappa shape index (κ2) is 4.37. The first-order valence-electron chi connectivity index (χ1n) is 5.37. The van der Waals surface area contributed by atoms with E-state index in [0.29, 0.717) is 23.5 Å². The largest absolute Gasteiger partial charge is 0.493 e. The molecule has 0 aliphatic rings. The van der Waals surface area contributed by atoms with E-state index in [9.17, 15) is 9.90 Å². The number of aromatic nitrogens is 3. The Morgan fingerprint density at radius 2 is 2.24 bits per heavy atom. The van der Waals surface area contributed by atoms with E-state index in [0.717, 1.165) is 5.56 Å². The average Bonchev–Trinajstić information content (AvgIpc) is 2.29. The number of aromatic amines is 1. The molecule has 0 fully saturated rings. The quantitative estimate of drug-likeness (QED) is 0.819. The van der Waals surface area contributed by atoms with Crippen LogP contribution < -0.4 is 5.56 Å². The van der Waals surface area contributed by atoms with Crippen LogP contribution in [-0.4, -0.2) is 20.1 Å². The highest BCUT2D eigenvalue weighted by Crippen LogP contribution is 2.18. The maximum absolute atomic E-state index is 11.7. The van der Waals surface area contributed by atoms with Gasteiger partial charge in [-0.05, 0) is 25.0 Å². The van der Waals surface area contributed by atoms with Gasteiger partial charge in [-0.3, -0.25) is 9.78 Å². The van der Waals surface area contributed by atoms with Crippen LogP contribution in [0.25, 0.3) is 11.5 Å². The lowest BCUT2D eigenvalue weighted by Gasteiger charge is -2.05. The molecule has 0 bridgehead atoms. The van der Waals surface area contributed by atoms with Gasteiger partial charge in [0.25, 0.3) is 5.56 Å². The van der Waals surface area contributed by atoms with Crippen molar-refractivity contribution in [2.75, 3.05) is 0 Å². The molecule has 5 heteroatoms. The molecule has 0 spiro atoms. The Hall–Kier alpha value is -2.17. The Kier molecular flexibility index (Phi) is 2.91. The van der Waals surface area contributed by atoms with Crippen molar-refractivity contribution in [2.45, 2.75) is 20.3 Å². The minimum atomic E-state index is -0.319. The summed E-state index contributed by atoms with van der Waals surface area (Å²) < 4.78 is 0. The number of rotatable bonds is 2. The van der Waals surface area contributed by atoms with Crippen molar-refractivity contribution in [1.82, 2.24) is 15.0 Å².